The Morgan fingerprint density at radius 3 is 1.35 bits per heavy atom. The van der Waals surface area contributed by atoms with Crippen LogP contribution in [0.2, 0.25) is 0 Å². The van der Waals surface area contributed by atoms with E-state index >= 15 is 0 Å². The molecular formula is C27H56S4. The van der Waals surface area contributed by atoms with Crippen molar-refractivity contribution in [1.29, 1.82) is 0 Å². The monoisotopic (exact) mass is 508 g/mol. The third-order valence-corrected chi connectivity index (χ3v) is 8.46. The molecule has 0 nitrogen and oxygen atoms in total. The summed E-state index contributed by atoms with van der Waals surface area (Å²) >= 11 is 18.2. The highest BCUT2D eigenvalue weighted by atomic mass is 32.1. The van der Waals surface area contributed by atoms with E-state index in [1.807, 2.05) is 0 Å². The molecule has 0 saturated heterocycles. The molecule has 0 aliphatic rings. The Labute approximate surface area is 219 Å². The molecule has 0 fully saturated rings. The maximum Gasteiger partial charge on any atom is 0.00170 e. The van der Waals surface area contributed by atoms with Gasteiger partial charge in [0.2, 0.25) is 0 Å². The first-order valence-corrected chi connectivity index (χ1v) is 16.1. The summed E-state index contributed by atoms with van der Waals surface area (Å²) in [6.07, 6.45) is 28.7. The number of hydrogen-bond donors (Lipinski definition) is 4. The Hall–Kier alpha value is 1.40. The Balaban J connectivity index is 4.86. The lowest BCUT2D eigenvalue weighted by molar-refractivity contribution is 0.173. The van der Waals surface area contributed by atoms with Crippen LogP contribution in [0.1, 0.15) is 142 Å². The fourth-order valence-electron chi connectivity index (χ4n) is 4.89. The van der Waals surface area contributed by atoms with Crippen molar-refractivity contribution in [3.63, 3.8) is 0 Å². The van der Waals surface area contributed by atoms with E-state index in [9.17, 15) is 0 Å². The average molecular weight is 509 g/mol. The third-order valence-electron chi connectivity index (χ3n) is 6.99. The van der Waals surface area contributed by atoms with Gasteiger partial charge in [0.15, 0.2) is 0 Å². The van der Waals surface area contributed by atoms with Gasteiger partial charge in [-0.15, -0.1) is 0 Å². The summed E-state index contributed by atoms with van der Waals surface area (Å²) in [5.41, 5.74) is 0.568. The molecule has 0 bridgehead atoms. The van der Waals surface area contributed by atoms with Gasteiger partial charge >= 0.3 is 0 Å². The second-order valence-electron chi connectivity index (χ2n) is 9.85. The first-order valence-electron chi connectivity index (χ1n) is 13.6. The molecule has 0 aliphatic carbocycles. The molecule has 0 spiro atoms. The molecule has 0 N–H and O–H groups in total. The Morgan fingerprint density at radius 1 is 0.484 bits per heavy atom. The van der Waals surface area contributed by atoms with Crippen LogP contribution in [0.3, 0.4) is 0 Å². The Morgan fingerprint density at radius 2 is 0.903 bits per heavy atom. The van der Waals surface area contributed by atoms with Crippen molar-refractivity contribution in [3.05, 3.63) is 0 Å². The van der Waals surface area contributed by atoms with Crippen LogP contribution in [0.5, 0.6) is 0 Å². The van der Waals surface area contributed by atoms with Crippen LogP contribution in [0.15, 0.2) is 0 Å². The average Bonchev–Trinajstić information content (AvgIpc) is 2.77. The van der Waals surface area contributed by atoms with E-state index in [2.05, 4.69) is 44.8 Å². The quantitative estimate of drug-likeness (QED) is 0.0684. The van der Waals surface area contributed by atoms with E-state index in [1.54, 1.807) is 0 Å². The van der Waals surface area contributed by atoms with E-state index in [4.69, 9.17) is 12.6 Å². The van der Waals surface area contributed by atoms with Gasteiger partial charge < -0.3 is 0 Å². The van der Waals surface area contributed by atoms with Gasteiger partial charge in [-0.1, -0.05) is 84.0 Å². The van der Waals surface area contributed by atoms with Crippen molar-refractivity contribution in [2.24, 2.45) is 5.41 Å². The maximum absolute atomic E-state index is 4.98. The fraction of sp³-hybridized carbons (Fsp3) is 1.00. The van der Waals surface area contributed by atoms with E-state index in [0.717, 1.165) is 17.3 Å². The summed E-state index contributed by atoms with van der Waals surface area (Å²) in [7, 11) is 0. The van der Waals surface area contributed by atoms with Crippen LogP contribution in [0, 0.1) is 5.41 Å². The molecule has 0 aromatic rings. The minimum absolute atomic E-state index is 0.568. The molecule has 4 heteroatoms. The molecule has 0 saturated carbocycles. The molecule has 1 atom stereocenters. The smallest absolute Gasteiger partial charge is 0.00170 e. The van der Waals surface area contributed by atoms with E-state index in [-0.39, 0.29) is 0 Å². The number of rotatable bonds is 25. The lowest BCUT2D eigenvalue weighted by atomic mass is 9.70. The third kappa shape index (κ3) is 20.5. The summed E-state index contributed by atoms with van der Waals surface area (Å²) < 4.78 is 0. The highest BCUT2D eigenvalue weighted by Crippen LogP contribution is 2.42. The zero-order valence-electron chi connectivity index (χ0n) is 20.8. The van der Waals surface area contributed by atoms with Crippen molar-refractivity contribution in [1.82, 2.24) is 0 Å². The first kappa shape index (κ1) is 32.4. The number of hydrogen-bond acceptors (Lipinski definition) is 4. The number of thiol groups is 4. The largest absolute Gasteiger partial charge is 0.179 e. The van der Waals surface area contributed by atoms with Crippen molar-refractivity contribution >= 4 is 50.5 Å². The Kier molecular flexibility index (Phi) is 25.6. The zero-order valence-corrected chi connectivity index (χ0v) is 24.4. The fourth-order valence-corrected chi connectivity index (χ4v) is 5.88. The van der Waals surface area contributed by atoms with Gasteiger partial charge in [-0.2, -0.15) is 50.5 Å². The minimum atomic E-state index is 0.568. The van der Waals surface area contributed by atoms with E-state index in [1.165, 1.54) is 135 Å². The molecule has 0 rings (SSSR count). The van der Waals surface area contributed by atoms with Crippen LogP contribution in [-0.2, 0) is 0 Å². The molecule has 0 aromatic heterocycles. The van der Waals surface area contributed by atoms with Gasteiger partial charge in [-0.25, -0.2) is 0 Å². The van der Waals surface area contributed by atoms with Crippen molar-refractivity contribution in [2.45, 2.75) is 147 Å². The summed E-state index contributed by atoms with van der Waals surface area (Å²) in [6.45, 7) is 2.32. The predicted molar refractivity (Wildman–Crippen MR) is 159 cm³/mol. The van der Waals surface area contributed by atoms with Crippen LogP contribution in [-0.4, -0.2) is 22.5 Å². The molecule has 0 heterocycles. The van der Waals surface area contributed by atoms with Gasteiger partial charge in [0.1, 0.15) is 0 Å². The van der Waals surface area contributed by atoms with Gasteiger partial charge in [0.25, 0.3) is 0 Å². The van der Waals surface area contributed by atoms with Gasteiger partial charge in [0, 0.05) is 5.25 Å². The lowest BCUT2D eigenvalue weighted by Crippen LogP contribution is -2.23. The van der Waals surface area contributed by atoms with Crippen molar-refractivity contribution in [2.75, 3.05) is 17.3 Å². The van der Waals surface area contributed by atoms with Gasteiger partial charge in [-0.05, 0) is 80.5 Å². The second-order valence-corrected chi connectivity index (χ2v) is 11.9. The van der Waals surface area contributed by atoms with Crippen LogP contribution in [0.4, 0.5) is 0 Å². The molecule has 1 unspecified atom stereocenters. The normalized spacial score (nSPS) is 13.1. The standard InChI is InChI=1S/C27H56S4/c1-2-3-4-5-11-19-27(20-12-6-8-14-23-28,21-13-7-9-15-24-29)22-18-26(31)17-10-16-25-30/h26,28-31H,2-25H2,1H3. The first-order chi connectivity index (χ1) is 15.1. The SMILES string of the molecule is CCCCCCCC(CCCCCCS)(CCCCCCS)CCC(S)CCCCS. The topological polar surface area (TPSA) is 0 Å². The highest BCUT2D eigenvalue weighted by Gasteiger charge is 2.29. The van der Waals surface area contributed by atoms with Crippen LogP contribution in [0.25, 0.3) is 0 Å². The van der Waals surface area contributed by atoms with Crippen LogP contribution < -0.4 is 0 Å². The Bertz CT molecular complexity index is 312. The molecule has 188 valence electrons. The molecular weight excluding hydrogens is 453 g/mol. The van der Waals surface area contributed by atoms with Gasteiger partial charge in [0.05, 0.1) is 0 Å². The summed E-state index contributed by atoms with van der Waals surface area (Å²) in [5.74, 6) is 3.10. The van der Waals surface area contributed by atoms with E-state index in [0.29, 0.717) is 10.7 Å². The molecule has 0 aliphatic heterocycles. The molecule has 0 radical (unpaired) electrons. The maximum atomic E-state index is 4.98. The van der Waals surface area contributed by atoms with Crippen molar-refractivity contribution < 1.29 is 0 Å². The van der Waals surface area contributed by atoms with E-state index < -0.39 is 0 Å². The minimum Gasteiger partial charge on any atom is -0.179 e. The summed E-state index contributed by atoms with van der Waals surface area (Å²) in [4.78, 5) is 0. The van der Waals surface area contributed by atoms with Crippen molar-refractivity contribution in [3.8, 4) is 0 Å². The predicted octanol–water partition coefficient (Wildman–Crippen LogP) is 10.3. The molecule has 0 amide bonds. The van der Waals surface area contributed by atoms with Gasteiger partial charge in [-0.3, -0.25) is 0 Å². The lowest BCUT2D eigenvalue weighted by Gasteiger charge is -2.36. The van der Waals surface area contributed by atoms with Crippen LogP contribution >= 0.6 is 50.5 Å². The molecule has 0 aromatic carbocycles. The second kappa shape index (κ2) is 24.5. The summed E-state index contributed by atoms with van der Waals surface area (Å²) in [5, 5.41) is 0.577. The summed E-state index contributed by atoms with van der Waals surface area (Å²) in [6, 6.07) is 0. The number of unbranched alkanes of at least 4 members (excludes halogenated alkanes) is 11. The highest BCUT2D eigenvalue weighted by molar-refractivity contribution is 7.81. The zero-order chi connectivity index (χ0) is 23.0. The molecule has 31 heavy (non-hydrogen) atoms.